The van der Waals surface area contributed by atoms with E-state index in [-0.39, 0.29) is 17.0 Å². The minimum absolute atomic E-state index is 0.156. The molecule has 7 heteroatoms. The van der Waals surface area contributed by atoms with Crippen LogP contribution in [0.2, 0.25) is 0 Å². The van der Waals surface area contributed by atoms with E-state index < -0.39 is 10.0 Å². The monoisotopic (exact) mass is 292 g/mol. The van der Waals surface area contributed by atoms with Crippen molar-refractivity contribution in [1.82, 2.24) is 14.5 Å². The molecule has 1 heterocycles. The summed E-state index contributed by atoms with van der Waals surface area (Å²) in [4.78, 5) is 0.156. The molecule has 2 aromatic rings. The number of rotatable bonds is 3. The summed E-state index contributed by atoms with van der Waals surface area (Å²) >= 11 is 0. The average molecular weight is 292 g/mol. The van der Waals surface area contributed by atoms with Crippen LogP contribution in [0, 0.1) is 0 Å². The molecule has 0 bridgehead atoms. The van der Waals surface area contributed by atoms with E-state index in [0.29, 0.717) is 6.42 Å². The van der Waals surface area contributed by atoms with Gasteiger partial charge in [0.1, 0.15) is 4.90 Å². The van der Waals surface area contributed by atoms with Gasteiger partial charge in [0.05, 0.1) is 6.20 Å². The van der Waals surface area contributed by atoms with Gasteiger partial charge in [-0.15, -0.1) is 0 Å². The summed E-state index contributed by atoms with van der Waals surface area (Å²) in [6.45, 7) is 0. The summed E-state index contributed by atoms with van der Waals surface area (Å²) in [6.07, 6.45) is 3.41. The molecule has 1 aromatic heterocycles. The molecular formula is C13H16N4O2S. The molecule has 1 aliphatic carbocycles. The van der Waals surface area contributed by atoms with Crippen LogP contribution in [0.5, 0.6) is 0 Å². The highest BCUT2D eigenvalue weighted by Gasteiger charge is 2.33. The van der Waals surface area contributed by atoms with Crippen LogP contribution in [0.15, 0.2) is 41.6 Å². The van der Waals surface area contributed by atoms with Crippen molar-refractivity contribution in [2.75, 3.05) is 0 Å². The Morgan fingerprint density at radius 2 is 2.15 bits per heavy atom. The van der Waals surface area contributed by atoms with Crippen LogP contribution in [0.1, 0.15) is 17.2 Å². The van der Waals surface area contributed by atoms with E-state index in [9.17, 15) is 8.42 Å². The van der Waals surface area contributed by atoms with Gasteiger partial charge >= 0.3 is 0 Å². The third kappa shape index (κ3) is 2.24. The lowest BCUT2D eigenvalue weighted by molar-refractivity contribution is 0.514. The molecule has 0 saturated heterocycles. The van der Waals surface area contributed by atoms with Crippen LogP contribution in [0.3, 0.4) is 0 Å². The molecule has 3 rings (SSSR count). The van der Waals surface area contributed by atoms with E-state index in [0.717, 1.165) is 11.1 Å². The van der Waals surface area contributed by atoms with Crippen molar-refractivity contribution in [1.29, 1.82) is 0 Å². The molecule has 1 aliphatic rings. The van der Waals surface area contributed by atoms with E-state index in [1.165, 1.54) is 17.1 Å². The van der Waals surface area contributed by atoms with Gasteiger partial charge in [0.25, 0.3) is 0 Å². The van der Waals surface area contributed by atoms with Crippen molar-refractivity contribution in [2.24, 2.45) is 12.8 Å². The Hall–Kier alpha value is -1.70. The molecule has 0 amide bonds. The third-order valence-electron chi connectivity index (χ3n) is 3.59. The van der Waals surface area contributed by atoms with Crippen molar-refractivity contribution in [3.05, 3.63) is 47.8 Å². The molecule has 1 aromatic carbocycles. The minimum atomic E-state index is -3.59. The van der Waals surface area contributed by atoms with Crippen molar-refractivity contribution in [2.45, 2.75) is 23.4 Å². The highest BCUT2D eigenvalue weighted by Crippen LogP contribution is 2.30. The highest BCUT2D eigenvalue weighted by molar-refractivity contribution is 7.89. The summed E-state index contributed by atoms with van der Waals surface area (Å²) in [6, 6.07) is 7.13. The number of fused-ring (bicyclic) bond motifs is 1. The zero-order valence-electron chi connectivity index (χ0n) is 11.0. The first-order valence-electron chi connectivity index (χ1n) is 6.32. The summed E-state index contributed by atoms with van der Waals surface area (Å²) in [7, 11) is -1.91. The maximum absolute atomic E-state index is 12.3. The number of benzene rings is 1. The molecule has 6 nitrogen and oxygen atoms in total. The molecule has 20 heavy (non-hydrogen) atoms. The second kappa shape index (κ2) is 4.69. The Balaban J connectivity index is 1.83. The maximum Gasteiger partial charge on any atom is 0.244 e. The van der Waals surface area contributed by atoms with Gasteiger partial charge in [-0.2, -0.15) is 5.10 Å². The summed E-state index contributed by atoms with van der Waals surface area (Å²) in [5, 5.41) is 3.88. The number of hydrogen-bond donors (Lipinski definition) is 2. The first-order valence-corrected chi connectivity index (χ1v) is 7.80. The molecule has 0 fully saturated rings. The Bertz CT molecular complexity index is 738. The van der Waals surface area contributed by atoms with Crippen molar-refractivity contribution in [3.8, 4) is 0 Å². The standard InChI is InChI=1S/C13H16N4O2S/c1-17-8-10(7-15-17)20(18,19)16-12-6-9-4-2-3-5-11(9)13(12)14/h2-5,7-8,12-13,16H,6,14H2,1H3/t12-,13-/m1/s1. The second-order valence-corrected chi connectivity index (χ2v) is 6.72. The number of nitrogens with zero attached hydrogens (tertiary/aromatic N) is 2. The van der Waals surface area contributed by atoms with Crippen molar-refractivity contribution < 1.29 is 8.42 Å². The zero-order valence-corrected chi connectivity index (χ0v) is 11.8. The number of aromatic nitrogens is 2. The SMILES string of the molecule is Cn1cc(S(=O)(=O)N[C@@H]2Cc3ccccc3[C@H]2N)cn1. The highest BCUT2D eigenvalue weighted by atomic mass is 32.2. The summed E-state index contributed by atoms with van der Waals surface area (Å²) in [5.41, 5.74) is 8.24. The average Bonchev–Trinajstić information content (AvgIpc) is 2.96. The van der Waals surface area contributed by atoms with Crippen LogP contribution in [0.25, 0.3) is 0 Å². The van der Waals surface area contributed by atoms with Gasteiger partial charge in [-0.1, -0.05) is 24.3 Å². The van der Waals surface area contributed by atoms with Crippen LogP contribution in [-0.2, 0) is 23.5 Å². The zero-order chi connectivity index (χ0) is 14.3. The van der Waals surface area contributed by atoms with Gasteiger partial charge in [-0.3, -0.25) is 4.68 Å². The molecule has 0 spiro atoms. The van der Waals surface area contributed by atoms with E-state index in [1.54, 1.807) is 7.05 Å². The van der Waals surface area contributed by atoms with Crippen LogP contribution < -0.4 is 10.5 Å². The van der Waals surface area contributed by atoms with Crippen LogP contribution >= 0.6 is 0 Å². The van der Waals surface area contributed by atoms with E-state index in [2.05, 4.69) is 9.82 Å². The van der Waals surface area contributed by atoms with E-state index in [4.69, 9.17) is 5.73 Å². The molecule has 2 atom stereocenters. The first kappa shape index (κ1) is 13.3. The van der Waals surface area contributed by atoms with Crippen molar-refractivity contribution >= 4 is 10.0 Å². The van der Waals surface area contributed by atoms with Gasteiger partial charge in [-0.05, 0) is 17.5 Å². The lowest BCUT2D eigenvalue weighted by Crippen LogP contribution is -2.40. The topological polar surface area (TPSA) is 90.0 Å². The van der Waals surface area contributed by atoms with Gasteiger partial charge < -0.3 is 5.73 Å². The molecule has 0 radical (unpaired) electrons. The van der Waals surface area contributed by atoms with E-state index >= 15 is 0 Å². The molecular weight excluding hydrogens is 276 g/mol. The quantitative estimate of drug-likeness (QED) is 0.852. The predicted octanol–water partition coefficient (Wildman–Crippen LogP) is 0.323. The molecule has 0 unspecified atom stereocenters. The van der Waals surface area contributed by atoms with Gasteiger partial charge in [0.15, 0.2) is 0 Å². The normalized spacial score (nSPS) is 21.9. The number of nitrogens with two attached hydrogens (primary N) is 1. The number of nitrogens with one attached hydrogen (secondary N) is 1. The molecule has 0 saturated carbocycles. The second-order valence-electron chi connectivity index (χ2n) is 5.01. The third-order valence-corrected chi connectivity index (χ3v) is 5.03. The smallest absolute Gasteiger partial charge is 0.244 e. The summed E-state index contributed by atoms with van der Waals surface area (Å²) < 4.78 is 28.7. The van der Waals surface area contributed by atoms with Crippen molar-refractivity contribution in [3.63, 3.8) is 0 Å². The summed E-state index contributed by atoms with van der Waals surface area (Å²) in [5.74, 6) is 0. The molecule has 3 N–H and O–H groups in total. The largest absolute Gasteiger partial charge is 0.323 e. The van der Waals surface area contributed by atoms with E-state index in [1.807, 2.05) is 24.3 Å². The Morgan fingerprint density at radius 1 is 1.40 bits per heavy atom. The Morgan fingerprint density at radius 3 is 2.80 bits per heavy atom. The Labute approximate surface area is 117 Å². The lowest BCUT2D eigenvalue weighted by Gasteiger charge is -2.17. The number of hydrogen-bond acceptors (Lipinski definition) is 4. The van der Waals surface area contributed by atoms with Crippen LogP contribution in [0.4, 0.5) is 0 Å². The lowest BCUT2D eigenvalue weighted by atomic mass is 10.1. The fourth-order valence-corrected chi connectivity index (χ4v) is 3.79. The molecule has 106 valence electrons. The first-order chi connectivity index (χ1) is 9.47. The predicted molar refractivity (Wildman–Crippen MR) is 74.4 cm³/mol. The fraction of sp³-hybridized carbons (Fsp3) is 0.308. The Kier molecular flexibility index (Phi) is 3.12. The van der Waals surface area contributed by atoms with Crippen LogP contribution in [-0.4, -0.2) is 24.2 Å². The van der Waals surface area contributed by atoms with Gasteiger partial charge in [0.2, 0.25) is 10.0 Å². The fourth-order valence-electron chi connectivity index (χ4n) is 2.55. The molecule has 0 aliphatic heterocycles. The van der Waals surface area contributed by atoms with Gasteiger partial charge in [0, 0.05) is 25.3 Å². The maximum atomic E-state index is 12.3. The number of aryl methyl sites for hydroxylation is 1. The number of sulfonamides is 1. The minimum Gasteiger partial charge on any atom is -0.323 e. The van der Waals surface area contributed by atoms with Gasteiger partial charge in [-0.25, -0.2) is 13.1 Å².